The van der Waals surface area contributed by atoms with Crippen molar-refractivity contribution in [1.82, 2.24) is 4.98 Å². The maximum Gasteiger partial charge on any atom is 0.205 e. The number of hydrogen-bond acceptors (Lipinski definition) is 3. The van der Waals surface area contributed by atoms with Gasteiger partial charge in [-0.15, -0.1) is 0 Å². The van der Waals surface area contributed by atoms with Crippen LogP contribution in [-0.2, 0) is 15.0 Å². The van der Waals surface area contributed by atoms with Crippen LogP contribution in [0.15, 0.2) is 24.5 Å². The Balaban J connectivity index is 2.43. The van der Waals surface area contributed by atoms with Crippen molar-refractivity contribution in [2.45, 2.75) is 31.1 Å². The third kappa shape index (κ3) is 1.58. The molecular formula is C12H13NO2. The van der Waals surface area contributed by atoms with Gasteiger partial charge in [0.1, 0.15) is 0 Å². The fraction of sp³-hybridized carbons (Fsp3) is 0.417. The number of pyridine rings is 1. The van der Waals surface area contributed by atoms with Crippen molar-refractivity contribution < 1.29 is 9.59 Å². The second kappa shape index (κ2) is 3.93. The number of carbonyl (C=O) groups is 2. The highest BCUT2D eigenvalue weighted by Gasteiger charge is 2.42. The topological polar surface area (TPSA) is 47.0 Å². The average molecular weight is 203 g/mol. The normalized spacial score (nSPS) is 18.7. The molecule has 0 bridgehead atoms. The van der Waals surface area contributed by atoms with E-state index < -0.39 is 5.41 Å². The number of aromatic nitrogens is 1. The van der Waals surface area contributed by atoms with Crippen molar-refractivity contribution in [2.75, 3.05) is 0 Å². The average Bonchev–Trinajstić information content (AvgIpc) is 2.79. The molecule has 0 aliphatic heterocycles. The van der Waals surface area contributed by atoms with Gasteiger partial charge in [-0.1, -0.05) is 18.9 Å². The van der Waals surface area contributed by atoms with Gasteiger partial charge in [-0.2, -0.15) is 0 Å². The van der Waals surface area contributed by atoms with E-state index in [0.717, 1.165) is 31.2 Å². The van der Waals surface area contributed by atoms with Crippen LogP contribution in [0.2, 0.25) is 0 Å². The summed E-state index contributed by atoms with van der Waals surface area (Å²) < 4.78 is 0. The van der Waals surface area contributed by atoms with Crippen LogP contribution in [0.1, 0.15) is 31.2 Å². The summed E-state index contributed by atoms with van der Waals surface area (Å²) in [6, 6.07) is 3.70. The molecule has 0 N–H and O–H groups in total. The van der Waals surface area contributed by atoms with E-state index in [0.29, 0.717) is 6.29 Å². The van der Waals surface area contributed by atoms with Crippen molar-refractivity contribution in [3.8, 4) is 0 Å². The summed E-state index contributed by atoms with van der Waals surface area (Å²) in [4.78, 5) is 26.5. The number of aldehydes is 1. The Morgan fingerprint density at radius 2 is 2.13 bits per heavy atom. The summed E-state index contributed by atoms with van der Waals surface area (Å²) in [5, 5.41) is 0. The van der Waals surface area contributed by atoms with Crippen LogP contribution in [0, 0.1) is 0 Å². The van der Waals surface area contributed by atoms with E-state index in [-0.39, 0.29) is 5.78 Å². The third-order valence-electron chi connectivity index (χ3n) is 3.25. The minimum Gasteiger partial charge on any atom is -0.295 e. The number of carbonyl (C=O) groups excluding carboxylic acids is 2. The monoisotopic (exact) mass is 203 g/mol. The highest BCUT2D eigenvalue weighted by Crippen LogP contribution is 2.41. The lowest BCUT2D eigenvalue weighted by Crippen LogP contribution is -2.33. The van der Waals surface area contributed by atoms with E-state index in [1.807, 2.05) is 12.1 Å². The Morgan fingerprint density at radius 1 is 1.40 bits per heavy atom. The SMILES string of the molecule is O=CC(=O)C1(c2cccnc2)CCCC1. The molecule has 0 aromatic carbocycles. The molecule has 1 aliphatic rings. The minimum absolute atomic E-state index is 0.298. The zero-order valence-electron chi connectivity index (χ0n) is 8.48. The molecule has 1 aromatic heterocycles. The number of hydrogen-bond donors (Lipinski definition) is 0. The summed E-state index contributed by atoms with van der Waals surface area (Å²) in [5.74, 6) is -0.298. The van der Waals surface area contributed by atoms with E-state index >= 15 is 0 Å². The number of rotatable bonds is 3. The van der Waals surface area contributed by atoms with Gasteiger partial charge >= 0.3 is 0 Å². The van der Waals surface area contributed by atoms with Crippen LogP contribution in [0.5, 0.6) is 0 Å². The molecule has 0 saturated heterocycles. The molecule has 1 saturated carbocycles. The highest BCUT2D eigenvalue weighted by molar-refractivity contribution is 6.29. The molecule has 0 amide bonds. The Hall–Kier alpha value is -1.51. The number of nitrogens with zero attached hydrogens (tertiary/aromatic N) is 1. The van der Waals surface area contributed by atoms with E-state index in [4.69, 9.17) is 0 Å². The largest absolute Gasteiger partial charge is 0.295 e. The Labute approximate surface area is 88.5 Å². The van der Waals surface area contributed by atoms with Gasteiger partial charge in [0, 0.05) is 12.4 Å². The molecule has 0 radical (unpaired) electrons. The highest BCUT2D eigenvalue weighted by atomic mass is 16.2. The predicted molar refractivity (Wildman–Crippen MR) is 55.5 cm³/mol. The van der Waals surface area contributed by atoms with Gasteiger partial charge in [-0.05, 0) is 24.5 Å². The van der Waals surface area contributed by atoms with Crippen molar-refractivity contribution in [3.05, 3.63) is 30.1 Å². The molecular weight excluding hydrogens is 190 g/mol. The van der Waals surface area contributed by atoms with Crippen LogP contribution < -0.4 is 0 Å². The molecule has 15 heavy (non-hydrogen) atoms. The molecule has 1 fully saturated rings. The molecule has 78 valence electrons. The van der Waals surface area contributed by atoms with Gasteiger partial charge in [-0.3, -0.25) is 14.6 Å². The predicted octanol–water partition coefficient (Wildman–Crippen LogP) is 1.66. The van der Waals surface area contributed by atoms with Crippen LogP contribution >= 0.6 is 0 Å². The molecule has 0 unspecified atom stereocenters. The molecule has 1 aliphatic carbocycles. The summed E-state index contributed by atoms with van der Waals surface area (Å²) in [7, 11) is 0. The minimum atomic E-state index is -0.573. The van der Waals surface area contributed by atoms with Crippen LogP contribution in [0.25, 0.3) is 0 Å². The van der Waals surface area contributed by atoms with Gasteiger partial charge in [0.05, 0.1) is 5.41 Å². The standard InChI is InChI=1S/C12H13NO2/c14-9-11(15)12(5-1-2-6-12)10-4-3-7-13-8-10/h3-4,7-9H,1-2,5-6H2. The molecule has 3 heteroatoms. The first kappa shape index (κ1) is 10.0. The van der Waals surface area contributed by atoms with Crippen molar-refractivity contribution in [3.63, 3.8) is 0 Å². The molecule has 0 atom stereocenters. The zero-order chi connectivity index (χ0) is 10.7. The quantitative estimate of drug-likeness (QED) is 0.554. The maximum atomic E-state index is 11.7. The first-order valence-electron chi connectivity index (χ1n) is 5.20. The summed E-state index contributed by atoms with van der Waals surface area (Å²) in [5.41, 5.74) is 0.315. The van der Waals surface area contributed by atoms with E-state index in [2.05, 4.69) is 4.98 Å². The Kier molecular flexibility index (Phi) is 2.62. The molecule has 1 aromatic rings. The number of Topliss-reactive ketones (excluding diaryl/α,β-unsaturated/α-hetero) is 1. The van der Waals surface area contributed by atoms with E-state index in [1.165, 1.54) is 0 Å². The molecule has 0 spiro atoms. The van der Waals surface area contributed by atoms with Gasteiger partial charge < -0.3 is 0 Å². The van der Waals surface area contributed by atoms with Crippen LogP contribution in [0.3, 0.4) is 0 Å². The van der Waals surface area contributed by atoms with Crippen molar-refractivity contribution in [1.29, 1.82) is 0 Å². The summed E-state index contributed by atoms with van der Waals surface area (Å²) >= 11 is 0. The lowest BCUT2D eigenvalue weighted by Gasteiger charge is -2.24. The molecule has 3 nitrogen and oxygen atoms in total. The van der Waals surface area contributed by atoms with Gasteiger partial charge in [-0.25, -0.2) is 0 Å². The second-order valence-electron chi connectivity index (χ2n) is 4.01. The second-order valence-corrected chi connectivity index (χ2v) is 4.01. The van der Waals surface area contributed by atoms with Gasteiger partial charge in [0.25, 0.3) is 0 Å². The zero-order valence-corrected chi connectivity index (χ0v) is 8.48. The van der Waals surface area contributed by atoms with E-state index in [9.17, 15) is 9.59 Å². The lowest BCUT2D eigenvalue weighted by atomic mass is 9.76. The lowest BCUT2D eigenvalue weighted by molar-refractivity contribution is -0.133. The fourth-order valence-electron chi connectivity index (χ4n) is 2.41. The molecule has 2 rings (SSSR count). The van der Waals surface area contributed by atoms with Crippen molar-refractivity contribution in [2.24, 2.45) is 0 Å². The first-order chi connectivity index (χ1) is 7.29. The van der Waals surface area contributed by atoms with Crippen molar-refractivity contribution >= 4 is 12.1 Å². The van der Waals surface area contributed by atoms with Crippen LogP contribution in [-0.4, -0.2) is 17.1 Å². The van der Waals surface area contributed by atoms with Gasteiger partial charge in [0.15, 0.2) is 6.29 Å². The number of ketones is 1. The first-order valence-corrected chi connectivity index (χ1v) is 5.20. The smallest absolute Gasteiger partial charge is 0.205 e. The molecule has 1 heterocycles. The maximum absolute atomic E-state index is 11.7. The Morgan fingerprint density at radius 3 is 2.67 bits per heavy atom. The Bertz CT molecular complexity index is 366. The third-order valence-corrected chi connectivity index (χ3v) is 3.25. The van der Waals surface area contributed by atoms with E-state index in [1.54, 1.807) is 12.4 Å². The van der Waals surface area contributed by atoms with Gasteiger partial charge in [0.2, 0.25) is 5.78 Å². The summed E-state index contributed by atoms with van der Waals surface area (Å²) in [6.07, 6.45) is 7.40. The fourth-order valence-corrected chi connectivity index (χ4v) is 2.41. The summed E-state index contributed by atoms with van der Waals surface area (Å²) in [6.45, 7) is 0. The van der Waals surface area contributed by atoms with Crippen LogP contribution in [0.4, 0.5) is 0 Å².